The molecule has 0 fully saturated rings. The van der Waals surface area contributed by atoms with Crippen LogP contribution in [0.2, 0.25) is 0 Å². The van der Waals surface area contributed by atoms with E-state index in [1.165, 1.54) is 30.3 Å². The van der Waals surface area contributed by atoms with Crippen LogP contribution in [0.4, 0.5) is 0 Å². The van der Waals surface area contributed by atoms with E-state index >= 15 is 0 Å². The Hall–Kier alpha value is -4.92. The lowest BCUT2D eigenvalue weighted by molar-refractivity contribution is 0.163. The minimum absolute atomic E-state index is 0.0145. The highest BCUT2D eigenvalue weighted by atomic mass is 16.5. The molecule has 0 aliphatic carbocycles. The van der Waals surface area contributed by atoms with Gasteiger partial charge in [0, 0.05) is 40.3 Å². The van der Waals surface area contributed by atoms with Crippen molar-refractivity contribution in [2.24, 2.45) is 0 Å². The van der Waals surface area contributed by atoms with E-state index in [0.29, 0.717) is 41.7 Å². The van der Waals surface area contributed by atoms with Crippen LogP contribution >= 0.6 is 0 Å². The van der Waals surface area contributed by atoms with Gasteiger partial charge in [-0.3, -0.25) is 0 Å². The van der Waals surface area contributed by atoms with Crippen molar-refractivity contribution in [1.29, 1.82) is 0 Å². The molecule has 0 saturated carbocycles. The van der Waals surface area contributed by atoms with E-state index in [1.54, 1.807) is 30.3 Å². The second-order valence-electron chi connectivity index (χ2n) is 9.86. The van der Waals surface area contributed by atoms with Gasteiger partial charge in [0.15, 0.2) is 11.5 Å². The van der Waals surface area contributed by atoms with Gasteiger partial charge < -0.3 is 45.2 Å². The van der Waals surface area contributed by atoms with Crippen LogP contribution in [-0.4, -0.2) is 35.7 Å². The number of rotatable bonds is 3. The van der Waals surface area contributed by atoms with Gasteiger partial charge in [0.05, 0.1) is 0 Å². The molecule has 0 unspecified atom stereocenters. The topological polar surface area (TPSA) is 160 Å². The molecule has 9 heteroatoms. The van der Waals surface area contributed by atoms with Crippen LogP contribution < -0.4 is 9.47 Å². The number of hydrogen-bond acceptors (Lipinski definition) is 9. The van der Waals surface area contributed by atoms with Gasteiger partial charge in [-0.2, -0.15) is 0 Å². The summed E-state index contributed by atoms with van der Waals surface area (Å²) in [4.78, 5) is 0. The predicted octanol–water partition coefficient (Wildman–Crippen LogP) is 5.35. The number of ether oxygens (including phenoxy) is 2. The van der Waals surface area contributed by atoms with Crippen LogP contribution in [0, 0.1) is 0 Å². The largest absolute Gasteiger partial charge is 0.508 e. The quantitative estimate of drug-likeness (QED) is 0.173. The van der Waals surface area contributed by atoms with Gasteiger partial charge in [-0.05, 0) is 55.2 Å². The molecule has 0 bridgehead atoms. The number of phenolic OH excluding ortho intramolecular Hbond substituents is 7. The molecule has 9 nitrogen and oxygen atoms in total. The van der Waals surface area contributed by atoms with E-state index in [9.17, 15) is 35.7 Å². The number of hydrogen-bond donors (Lipinski definition) is 7. The number of aromatic hydroxyl groups is 7. The summed E-state index contributed by atoms with van der Waals surface area (Å²) in [5.41, 5.74) is 2.54. The number of benzene rings is 4. The molecule has 0 radical (unpaired) electrons. The van der Waals surface area contributed by atoms with Crippen LogP contribution in [0.5, 0.6) is 51.7 Å². The molecular weight excluding hydrogens is 504 g/mol. The first-order valence-electron chi connectivity index (χ1n) is 12.5. The molecule has 3 atom stereocenters. The van der Waals surface area contributed by atoms with Crippen LogP contribution in [0.3, 0.4) is 0 Å². The highest BCUT2D eigenvalue weighted by Crippen LogP contribution is 2.54. The van der Waals surface area contributed by atoms with Gasteiger partial charge in [0.2, 0.25) is 5.75 Å². The zero-order chi connectivity index (χ0) is 27.4. The molecule has 2 aliphatic rings. The Bertz CT molecular complexity index is 1580. The minimum Gasteiger partial charge on any atom is -0.508 e. The van der Waals surface area contributed by atoms with E-state index in [2.05, 4.69) is 0 Å². The van der Waals surface area contributed by atoms with E-state index in [0.717, 1.165) is 5.56 Å². The summed E-state index contributed by atoms with van der Waals surface area (Å²) in [7, 11) is 0. The molecule has 2 heterocycles. The maximum Gasteiger partial charge on any atom is 0.200 e. The van der Waals surface area contributed by atoms with Crippen LogP contribution in [0.15, 0.2) is 60.7 Å². The lowest BCUT2D eigenvalue weighted by Crippen LogP contribution is -2.21. The molecule has 2 aliphatic heterocycles. The maximum atomic E-state index is 11.4. The molecule has 4 aromatic carbocycles. The average molecular weight is 531 g/mol. The summed E-state index contributed by atoms with van der Waals surface area (Å²) in [6.07, 6.45) is -0.0821. The zero-order valence-electron chi connectivity index (χ0n) is 20.6. The summed E-state index contributed by atoms with van der Waals surface area (Å²) in [6, 6.07) is 15.4. The van der Waals surface area contributed by atoms with Gasteiger partial charge in [0.25, 0.3) is 0 Å². The molecule has 200 valence electrons. The first-order valence-corrected chi connectivity index (χ1v) is 12.5. The Morgan fingerprint density at radius 2 is 1.28 bits per heavy atom. The molecule has 7 N–H and O–H groups in total. The van der Waals surface area contributed by atoms with Gasteiger partial charge in [-0.15, -0.1) is 0 Å². The summed E-state index contributed by atoms with van der Waals surface area (Å²) in [5.74, 6) is -1.60. The summed E-state index contributed by atoms with van der Waals surface area (Å²) < 4.78 is 12.2. The Morgan fingerprint density at radius 1 is 0.590 bits per heavy atom. The molecule has 0 aromatic heterocycles. The third kappa shape index (κ3) is 4.12. The summed E-state index contributed by atoms with van der Waals surface area (Å²) >= 11 is 0. The van der Waals surface area contributed by atoms with Crippen molar-refractivity contribution in [3.8, 4) is 51.7 Å². The molecule has 39 heavy (non-hydrogen) atoms. The fourth-order valence-corrected chi connectivity index (χ4v) is 5.55. The van der Waals surface area contributed by atoms with Gasteiger partial charge >= 0.3 is 0 Å². The fraction of sp³-hybridized carbons (Fsp3) is 0.200. The van der Waals surface area contributed by atoms with Crippen LogP contribution in [0.1, 0.15) is 58.8 Å². The second-order valence-corrected chi connectivity index (χ2v) is 9.86. The second kappa shape index (κ2) is 9.13. The monoisotopic (exact) mass is 530 g/mol. The molecule has 6 rings (SSSR count). The predicted molar refractivity (Wildman–Crippen MR) is 139 cm³/mol. The normalized spacial score (nSPS) is 19.8. The Kier molecular flexibility index (Phi) is 5.71. The maximum absolute atomic E-state index is 11.4. The highest BCUT2D eigenvalue weighted by molar-refractivity contribution is 5.62. The van der Waals surface area contributed by atoms with Crippen molar-refractivity contribution < 1.29 is 45.2 Å². The minimum atomic E-state index is -0.681. The Balaban J connectivity index is 1.39. The van der Waals surface area contributed by atoms with Crippen molar-refractivity contribution in [2.45, 2.75) is 37.4 Å². The third-order valence-corrected chi connectivity index (χ3v) is 7.52. The van der Waals surface area contributed by atoms with E-state index in [4.69, 9.17) is 9.47 Å². The first kappa shape index (κ1) is 24.4. The SMILES string of the molecule is Oc1ccc([C@@H]2C[C@H](c3c(O)cc4c(c3O)CC[C@@H](c3ccc(O)c(O)c3O)O4)c3ccc(O)cc3O2)cc1. The van der Waals surface area contributed by atoms with E-state index in [1.807, 2.05) is 0 Å². The van der Waals surface area contributed by atoms with E-state index < -0.39 is 35.4 Å². The van der Waals surface area contributed by atoms with Crippen molar-refractivity contribution in [3.05, 3.63) is 88.5 Å². The highest BCUT2D eigenvalue weighted by Gasteiger charge is 2.37. The third-order valence-electron chi connectivity index (χ3n) is 7.52. The lowest BCUT2D eigenvalue weighted by Gasteiger charge is -2.35. The summed E-state index contributed by atoms with van der Waals surface area (Å²) in [5, 5.41) is 72.3. The molecular formula is C30H26O9. The van der Waals surface area contributed by atoms with Crippen molar-refractivity contribution in [1.82, 2.24) is 0 Å². The number of fused-ring (bicyclic) bond motifs is 2. The smallest absolute Gasteiger partial charge is 0.200 e. The average Bonchev–Trinajstić information content (AvgIpc) is 2.91. The molecule has 4 aromatic rings. The van der Waals surface area contributed by atoms with Crippen LogP contribution in [0.25, 0.3) is 0 Å². The van der Waals surface area contributed by atoms with Gasteiger partial charge in [-0.25, -0.2) is 0 Å². The van der Waals surface area contributed by atoms with Crippen molar-refractivity contribution in [3.63, 3.8) is 0 Å². The van der Waals surface area contributed by atoms with Gasteiger partial charge in [0.1, 0.15) is 46.7 Å². The Morgan fingerprint density at radius 3 is 2.05 bits per heavy atom. The zero-order valence-corrected chi connectivity index (χ0v) is 20.6. The van der Waals surface area contributed by atoms with E-state index in [-0.39, 0.29) is 34.3 Å². The summed E-state index contributed by atoms with van der Waals surface area (Å²) in [6.45, 7) is 0. The molecule has 0 saturated heterocycles. The van der Waals surface area contributed by atoms with Crippen LogP contribution in [-0.2, 0) is 6.42 Å². The molecule has 0 amide bonds. The Labute approximate surface area is 223 Å². The first-order chi connectivity index (χ1) is 18.7. The number of phenols is 7. The lowest BCUT2D eigenvalue weighted by atomic mass is 9.80. The van der Waals surface area contributed by atoms with Crippen molar-refractivity contribution in [2.75, 3.05) is 0 Å². The van der Waals surface area contributed by atoms with Crippen molar-refractivity contribution >= 4 is 0 Å². The fourth-order valence-electron chi connectivity index (χ4n) is 5.55. The van der Waals surface area contributed by atoms with Gasteiger partial charge in [-0.1, -0.05) is 18.2 Å². The molecule has 0 spiro atoms. The standard InChI is InChI=1S/C30H26O9/c31-15-3-1-14(2-4-15)24-12-20(17-6-5-16(32)11-25(17)39-24)27-22(34)13-26-19(28(27)35)8-10-23(38-26)18-7-9-21(33)30(37)29(18)36/h1-7,9,11,13,20,23-24,31-37H,8,10,12H2/t20-,23-,24-/m0/s1.